The average Bonchev–Trinajstić information content (AvgIpc) is 3.06. The first-order valence-corrected chi connectivity index (χ1v) is 7.95. The van der Waals surface area contributed by atoms with Gasteiger partial charge >= 0.3 is 0 Å². The van der Waals surface area contributed by atoms with Gasteiger partial charge in [0.1, 0.15) is 5.82 Å². The second-order valence-electron chi connectivity index (χ2n) is 5.42. The molecule has 0 amide bonds. The van der Waals surface area contributed by atoms with E-state index in [4.69, 9.17) is 0 Å². The van der Waals surface area contributed by atoms with Crippen molar-refractivity contribution < 1.29 is 0 Å². The normalized spacial score (nSPS) is 10.9. The van der Waals surface area contributed by atoms with Crippen molar-refractivity contribution in [2.24, 2.45) is 4.99 Å². The SMILES string of the molecule is CCNC(=NCc1cccnc1N(C)C)NCCn1cccc1.I. The molecule has 0 aliphatic carbocycles. The lowest BCUT2D eigenvalue weighted by atomic mass is 10.2. The van der Waals surface area contributed by atoms with Crippen LogP contribution in [0.5, 0.6) is 0 Å². The van der Waals surface area contributed by atoms with Crippen molar-refractivity contribution in [1.29, 1.82) is 0 Å². The van der Waals surface area contributed by atoms with Gasteiger partial charge in [-0.15, -0.1) is 24.0 Å². The summed E-state index contributed by atoms with van der Waals surface area (Å²) in [5, 5.41) is 6.64. The average molecular weight is 442 g/mol. The molecule has 0 unspecified atom stereocenters. The summed E-state index contributed by atoms with van der Waals surface area (Å²) in [6, 6.07) is 8.08. The minimum atomic E-state index is 0. The first kappa shape index (κ1) is 20.3. The maximum absolute atomic E-state index is 4.66. The molecule has 0 spiro atoms. The number of nitrogens with zero attached hydrogens (tertiary/aromatic N) is 4. The van der Waals surface area contributed by atoms with Crippen LogP contribution in [0.1, 0.15) is 12.5 Å². The van der Waals surface area contributed by atoms with Gasteiger partial charge in [-0.2, -0.15) is 0 Å². The standard InChI is InChI=1S/C17H26N6.HI/c1-4-18-17(20-10-13-23-11-5-6-12-23)21-14-15-8-7-9-19-16(15)22(2)3;/h5-9,11-12H,4,10,13-14H2,1-3H3,(H2,18,20,21);1H. The molecule has 132 valence electrons. The highest BCUT2D eigenvalue weighted by atomic mass is 127. The minimum Gasteiger partial charge on any atom is -0.362 e. The Bertz CT molecular complexity index is 609. The summed E-state index contributed by atoms with van der Waals surface area (Å²) >= 11 is 0. The highest BCUT2D eigenvalue weighted by Crippen LogP contribution is 2.15. The van der Waals surface area contributed by atoms with Crippen LogP contribution in [-0.2, 0) is 13.1 Å². The third-order valence-electron chi connectivity index (χ3n) is 3.37. The fourth-order valence-corrected chi connectivity index (χ4v) is 2.28. The Balaban J connectivity index is 0.00000288. The zero-order valence-corrected chi connectivity index (χ0v) is 16.9. The molecular weight excluding hydrogens is 415 g/mol. The number of pyridine rings is 1. The molecule has 2 aromatic heterocycles. The topological polar surface area (TPSA) is 57.5 Å². The molecule has 24 heavy (non-hydrogen) atoms. The second-order valence-corrected chi connectivity index (χ2v) is 5.42. The molecule has 6 nitrogen and oxygen atoms in total. The molecule has 2 rings (SSSR count). The van der Waals surface area contributed by atoms with Gasteiger partial charge in [0.05, 0.1) is 6.54 Å². The van der Waals surface area contributed by atoms with Gasteiger partial charge in [-0.05, 0) is 25.1 Å². The first-order chi connectivity index (χ1) is 11.2. The molecule has 0 radical (unpaired) electrons. The van der Waals surface area contributed by atoms with Crippen molar-refractivity contribution in [1.82, 2.24) is 20.2 Å². The summed E-state index contributed by atoms with van der Waals surface area (Å²) in [4.78, 5) is 11.1. The zero-order valence-electron chi connectivity index (χ0n) is 14.6. The molecule has 0 aliphatic rings. The Labute approximate surface area is 161 Å². The highest BCUT2D eigenvalue weighted by molar-refractivity contribution is 14.0. The maximum atomic E-state index is 4.66. The van der Waals surface area contributed by atoms with Gasteiger partial charge in [0.25, 0.3) is 0 Å². The lowest BCUT2D eigenvalue weighted by molar-refractivity contribution is 0.665. The number of halogens is 1. The summed E-state index contributed by atoms with van der Waals surface area (Å²) in [7, 11) is 3.99. The van der Waals surface area contributed by atoms with Crippen LogP contribution in [0.15, 0.2) is 47.8 Å². The van der Waals surface area contributed by atoms with Gasteiger partial charge in [0.2, 0.25) is 0 Å². The van der Waals surface area contributed by atoms with Gasteiger partial charge in [-0.1, -0.05) is 6.07 Å². The molecule has 0 aromatic carbocycles. The van der Waals surface area contributed by atoms with E-state index in [0.29, 0.717) is 6.54 Å². The number of aromatic nitrogens is 2. The van der Waals surface area contributed by atoms with Crippen LogP contribution in [-0.4, -0.2) is 42.7 Å². The lowest BCUT2D eigenvalue weighted by Crippen LogP contribution is -2.38. The van der Waals surface area contributed by atoms with E-state index in [2.05, 4.69) is 50.6 Å². The summed E-state index contributed by atoms with van der Waals surface area (Å²) in [5.74, 6) is 1.78. The number of aliphatic imine (C=N–C) groups is 1. The van der Waals surface area contributed by atoms with Gasteiger partial charge in [0.15, 0.2) is 5.96 Å². The molecule has 0 bridgehead atoms. The van der Waals surface area contributed by atoms with Crippen LogP contribution in [0.25, 0.3) is 0 Å². The maximum Gasteiger partial charge on any atom is 0.191 e. The monoisotopic (exact) mass is 442 g/mol. The fourth-order valence-electron chi connectivity index (χ4n) is 2.28. The molecule has 2 N–H and O–H groups in total. The van der Waals surface area contributed by atoms with Crippen LogP contribution in [0.2, 0.25) is 0 Å². The Morgan fingerprint density at radius 1 is 1.21 bits per heavy atom. The van der Waals surface area contributed by atoms with Gasteiger partial charge in [-0.3, -0.25) is 0 Å². The van der Waals surface area contributed by atoms with E-state index in [-0.39, 0.29) is 24.0 Å². The molecule has 2 aromatic rings. The molecule has 0 saturated heterocycles. The smallest absolute Gasteiger partial charge is 0.191 e. The van der Waals surface area contributed by atoms with Crippen molar-refractivity contribution in [2.75, 3.05) is 32.1 Å². The molecule has 2 heterocycles. The number of hydrogen-bond donors (Lipinski definition) is 2. The van der Waals surface area contributed by atoms with Crippen LogP contribution in [0.3, 0.4) is 0 Å². The van der Waals surface area contributed by atoms with E-state index in [1.165, 1.54) is 0 Å². The van der Waals surface area contributed by atoms with Crippen molar-refractivity contribution in [3.05, 3.63) is 48.4 Å². The van der Waals surface area contributed by atoms with E-state index in [1.807, 2.05) is 43.4 Å². The summed E-state index contributed by atoms with van der Waals surface area (Å²) in [5.41, 5.74) is 1.11. The Kier molecular flexibility index (Phi) is 9.21. The molecule has 0 fully saturated rings. The zero-order chi connectivity index (χ0) is 16.5. The predicted molar refractivity (Wildman–Crippen MR) is 111 cm³/mol. The van der Waals surface area contributed by atoms with Crippen LogP contribution in [0.4, 0.5) is 5.82 Å². The predicted octanol–water partition coefficient (Wildman–Crippen LogP) is 2.32. The number of guanidine groups is 1. The second kappa shape index (κ2) is 10.9. The Morgan fingerprint density at radius 2 is 1.96 bits per heavy atom. The number of rotatable bonds is 7. The third-order valence-corrected chi connectivity index (χ3v) is 3.37. The molecule has 0 aliphatic heterocycles. The molecule has 7 heteroatoms. The van der Waals surface area contributed by atoms with Gasteiger partial charge in [-0.25, -0.2) is 9.98 Å². The van der Waals surface area contributed by atoms with E-state index in [0.717, 1.165) is 37.0 Å². The minimum absolute atomic E-state index is 0. The van der Waals surface area contributed by atoms with Crippen LogP contribution >= 0.6 is 24.0 Å². The number of nitrogens with one attached hydrogen (secondary N) is 2. The lowest BCUT2D eigenvalue weighted by Gasteiger charge is -2.15. The van der Waals surface area contributed by atoms with Crippen molar-refractivity contribution >= 4 is 35.8 Å². The van der Waals surface area contributed by atoms with Crippen molar-refractivity contribution in [2.45, 2.75) is 20.0 Å². The highest BCUT2D eigenvalue weighted by Gasteiger charge is 2.05. The van der Waals surface area contributed by atoms with Crippen molar-refractivity contribution in [3.8, 4) is 0 Å². The van der Waals surface area contributed by atoms with Crippen LogP contribution in [0, 0.1) is 0 Å². The summed E-state index contributed by atoms with van der Waals surface area (Å²) < 4.78 is 2.14. The van der Waals surface area contributed by atoms with E-state index in [9.17, 15) is 0 Å². The Hall–Kier alpha value is -1.77. The number of hydrogen-bond acceptors (Lipinski definition) is 3. The van der Waals surface area contributed by atoms with Crippen LogP contribution < -0.4 is 15.5 Å². The Morgan fingerprint density at radius 3 is 2.62 bits per heavy atom. The number of anilines is 1. The third kappa shape index (κ3) is 6.38. The molecule has 0 atom stereocenters. The largest absolute Gasteiger partial charge is 0.362 e. The van der Waals surface area contributed by atoms with E-state index < -0.39 is 0 Å². The van der Waals surface area contributed by atoms with E-state index in [1.54, 1.807) is 0 Å². The van der Waals surface area contributed by atoms with Gasteiger partial charge in [0, 0.05) is 57.9 Å². The quantitative estimate of drug-likeness (QED) is 0.393. The molecule has 0 saturated carbocycles. The molecular formula is C17H27IN6. The summed E-state index contributed by atoms with van der Waals surface area (Å²) in [6.45, 7) is 5.24. The van der Waals surface area contributed by atoms with Crippen molar-refractivity contribution in [3.63, 3.8) is 0 Å². The first-order valence-electron chi connectivity index (χ1n) is 7.95. The summed E-state index contributed by atoms with van der Waals surface area (Å²) in [6.07, 6.45) is 5.93. The fraction of sp³-hybridized carbons (Fsp3) is 0.412. The van der Waals surface area contributed by atoms with Gasteiger partial charge < -0.3 is 20.1 Å². The van der Waals surface area contributed by atoms with E-state index >= 15 is 0 Å².